The van der Waals surface area contributed by atoms with Gasteiger partial charge in [0, 0.05) is 23.7 Å². The van der Waals surface area contributed by atoms with Crippen molar-refractivity contribution in [3.8, 4) is 5.82 Å². The molecule has 0 aliphatic carbocycles. The average molecular weight is 258 g/mol. The van der Waals surface area contributed by atoms with E-state index in [9.17, 15) is 0 Å². The molecule has 1 aromatic carbocycles. The van der Waals surface area contributed by atoms with E-state index < -0.39 is 0 Å². The number of pyridine rings is 1. The van der Waals surface area contributed by atoms with Crippen LogP contribution in [0.2, 0.25) is 0 Å². The molecule has 0 aliphatic heterocycles. The molecule has 3 nitrogen and oxygen atoms in total. The van der Waals surface area contributed by atoms with Crippen molar-refractivity contribution in [2.45, 2.75) is 12.8 Å². The van der Waals surface area contributed by atoms with Crippen LogP contribution in [-0.2, 0) is 5.88 Å². The quantitative estimate of drug-likeness (QED) is 0.658. The van der Waals surface area contributed by atoms with E-state index in [0.717, 1.165) is 27.7 Å². The summed E-state index contributed by atoms with van der Waals surface area (Å²) in [6, 6.07) is 8.12. The zero-order chi connectivity index (χ0) is 12.5. The summed E-state index contributed by atoms with van der Waals surface area (Å²) in [4.78, 5) is 4.48. The molecule has 18 heavy (non-hydrogen) atoms. The van der Waals surface area contributed by atoms with Gasteiger partial charge in [-0.15, -0.1) is 11.6 Å². The number of hydrogen-bond acceptors (Lipinski definition) is 2. The molecular weight excluding hydrogens is 246 g/mol. The molecule has 2 aromatic heterocycles. The lowest BCUT2D eigenvalue weighted by Crippen LogP contribution is -2.00. The minimum Gasteiger partial charge on any atom is -0.236 e. The average Bonchev–Trinajstić information content (AvgIpc) is 2.84. The number of alkyl halides is 1. The molecule has 3 rings (SSSR count). The molecule has 3 aromatic rings. The van der Waals surface area contributed by atoms with Crippen molar-refractivity contribution >= 4 is 22.4 Å². The second-order valence-electron chi connectivity index (χ2n) is 4.25. The van der Waals surface area contributed by atoms with Gasteiger partial charge in [0.1, 0.15) is 0 Å². The zero-order valence-electron chi connectivity index (χ0n) is 9.97. The molecule has 0 unspecified atom stereocenters. The summed E-state index contributed by atoms with van der Waals surface area (Å²) in [6.07, 6.45) is 5.61. The van der Waals surface area contributed by atoms with Crippen LogP contribution in [0, 0.1) is 6.92 Å². The van der Waals surface area contributed by atoms with Crippen molar-refractivity contribution in [1.82, 2.24) is 14.8 Å². The predicted octanol–water partition coefficient (Wildman–Crippen LogP) is 3.47. The van der Waals surface area contributed by atoms with E-state index >= 15 is 0 Å². The Bertz CT molecular complexity index is 703. The Labute approximate surface area is 110 Å². The lowest BCUT2D eigenvalue weighted by molar-refractivity contribution is 0.854. The van der Waals surface area contributed by atoms with E-state index in [1.54, 1.807) is 4.68 Å². The molecule has 0 saturated heterocycles. The van der Waals surface area contributed by atoms with Gasteiger partial charge in [0.2, 0.25) is 0 Å². The van der Waals surface area contributed by atoms with Crippen molar-refractivity contribution in [1.29, 1.82) is 0 Å². The van der Waals surface area contributed by atoms with Gasteiger partial charge in [-0.1, -0.05) is 24.3 Å². The van der Waals surface area contributed by atoms with Crippen LogP contribution in [0.25, 0.3) is 16.6 Å². The van der Waals surface area contributed by atoms with Crippen molar-refractivity contribution in [3.05, 3.63) is 54.0 Å². The van der Waals surface area contributed by atoms with Gasteiger partial charge in [0.15, 0.2) is 5.82 Å². The van der Waals surface area contributed by atoms with Gasteiger partial charge in [-0.3, -0.25) is 0 Å². The topological polar surface area (TPSA) is 30.7 Å². The van der Waals surface area contributed by atoms with Gasteiger partial charge in [0.25, 0.3) is 0 Å². The smallest absolute Gasteiger partial charge is 0.161 e. The fraction of sp³-hybridized carbons (Fsp3) is 0.143. The molecule has 0 saturated carbocycles. The second-order valence-corrected chi connectivity index (χ2v) is 4.52. The van der Waals surface area contributed by atoms with E-state index in [1.165, 1.54) is 0 Å². The number of aromatic nitrogens is 3. The van der Waals surface area contributed by atoms with Crippen molar-refractivity contribution < 1.29 is 0 Å². The number of benzene rings is 1. The van der Waals surface area contributed by atoms with Crippen LogP contribution in [0.3, 0.4) is 0 Å². The summed E-state index contributed by atoms with van der Waals surface area (Å²) < 4.78 is 1.80. The number of hydrogen-bond donors (Lipinski definition) is 0. The minimum atomic E-state index is 0.464. The van der Waals surface area contributed by atoms with E-state index in [-0.39, 0.29) is 0 Å². The molecule has 0 atom stereocenters. The largest absolute Gasteiger partial charge is 0.236 e. The predicted molar refractivity (Wildman–Crippen MR) is 73.2 cm³/mol. The number of halogens is 1. The molecule has 0 spiro atoms. The van der Waals surface area contributed by atoms with E-state index in [4.69, 9.17) is 11.6 Å². The highest BCUT2D eigenvalue weighted by molar-refractivity contribution is 6.18. The van der Waals surface area contributed by atoms with Crippen LogP contribution in [-0.4, -0.2) is 14.8 Å². The van der Waals surface area contributed by atoms with Crippen molar-refractivity contribution in [3.63, 3.8) is 0 Å². The van der Waals surface area contributed by atoms with E-state index in [1.807, 2.05) is 43.7 Å². The standard InChI is InChI=1S/C14H12ClN3/c1-10-7-17-18(9-10)14-13-5-3-2-4-12(13)11(6-15)8-16-14/h2-5,7-9H,6H2,1H3. The first-order chi connectivity index (χ1) is 8.79. The summed E-state index contributed by atoms with van der Waals surface area (Å²) >= 11 is 5.95. The van der Waals surface area contributed by atoms with Crippen molar-refractivity contribution in [2.24, 2.45) is 0 Å². The Morgan fingerprint density at radius 3 is 2.61 bits per heavy atom. The molecule has 0 fully saturated rings. The number of rotatable bonds is 2. The summed E-state index contributed by atoms with van der Waals surface area (Å²) in [5.74, 6) is 1.30. The summed E-state index contributed by atoms with van der Waals surface area (Å²) in [6.45, 7) is 2.01. The van der Waals surface area contributed by atoms with Crippen LogP contribution < -0.4 is 0 Å². The molecule has 2 heterocycles. The van der Waals surface area contributed by atoms with E-state index in [0.29, 0.717) is 5.88 Å². The highest BCUT2D eigenvalue weighted by Gasteiger charge is 2.08. The Morgan fingerprint density at radius 2 is 1.94 bits per heavy atom. The summed E-state index contributed by atoms with van der Waals surface area (Å²) in [5.41, 5.74) is 2.15. The van der Waals surface area contributed by atoms with Gasteiger partial charge in [-0.05, 0) is 23.4 Å². The lowest BCUT2D eigenvalue weighted by Gasteiger charge is -2.08. The third-order valence-corrected chi connectivity index (χ3v) is 3.22. The maximum atomic E-state index is 5.95. The minimum absolute atomic E-state index is 0.464. The van der Waals surface area contributed by atoms with Crippen LogP contribution in [0.4, 0.5) is 0 Å². The van der Waals surface area contributed by atoms with Gasteiger partial charge >= 0.3 is 0 Å². The Kier molecular flexibility index (Phi) is 2.76. The molecule has 0 radical (unpaired) electrons. The maximum absolute atomic E-state index is 5.95. The second kappa shape index (κ2) is 4.42. The fourth-order valence-electron chi connectivity index (χ4n) is 2.05. The molecule has 90 valence electrons. The summed E-state index contributed by atoms with van der Waals surface area (Å²) in [5, 5.41) is 6.51. The van der Waals surface area contributed by atoms with Gasteiger partial charge in [0.05, 0.1) is 6.20 Å². The molecule has 0 aliphatic rings. The first-order valence-electron chi connectivity index (χ1n) is 5.74. The number of fused-ring (bicyclic) bond motifs is 1. The van der Waals surface area contributed by atoms with Crippen molar-refractivity contribution in [2.75, 3.05) is 0 Å². The third kappa shape index (κ3) is 1.77. The van der Waals surface area contributed by atoms with Crippen LogP contribution >= 0.6 is 11.6 Å². The van der Waals surface area contributed by atoms with Crippen LogP contribution in [0.5, 0.6) is 0 Å². The highest BCUT2D eigenvalue weighted by Crippen LogP contribution is 2.24. The normalized spacial score (nSPS) is 11.0. The third-order valence-electron chi connectivity index (χ3n) is 2.93. The van der Waals surface area contributed by atoms with E-state index in [2.05, 4.69) is 16.1 Å². The highest BCUT2D eigenvalue weighted by atomic mass is 35.5. The first kappa shape index (κ1) is 11.2. The molecule has 0 bridgehead atoms. The van der Waals surface area contributed by atoms with Gasteiger partial charge < -0.3 is 0 Å². The first-order valence-corrected chi connectivity index (χ1v) is 6.27. The Balaban J connectivity index is 2.31. The monoisotopic (exact) mass is 257 g/mol. The molecule has 4 heteroatoms. The fourth-order valence-corrected chi connectivity index (χ4v) is 2.27. The molecular formula is C14H12ClN3. The summed E-state index contributed by atoms with van der Waals surface area (Å²) in [7, 11) is 0. The van der Waals surface area contributed by atoms with Crippen LogP contribution in [0.1, 0.15) is 11.1 Å². The SMILES string of the molecule is Cc1cnn(-c2ncc(CCl)c3ccccc23)c1. The molecule has 0 N–H and O–H groups in total. The van der Waals surface area contributed by atoms with Gasteiger partial charge in [-0.2, -0.15) is 5.10 Å². The van der Waals surface area contributed by atoms with Gasteiger partial charge in [-0.25, -0.2) is 9.67 Å². The Morgan fingerprint density at radius 1 is 1.17 bits per heavy atom. The van der Waals surface area contributed by atoms with Crippen LogP contribution in [0.15, 0.2) is 42.9 Å². The zero-order valence-corrected chi connectivity index (χ0v) is 10.7. The lowest BCUT2D eigenvalue weighted by atomic mass is 10.1. The molecule has 0 amide bonds. The Hall–Kier alpha value is -1.87. The number of aryl methyl sites for hydroxylation is 1. The maximum Gasteiger partial charge on any atom is 0.161 e. The number of nitrogens with zero attached hydrogens (tertiary/aromatic N) is 3.